The summed E-state index contributed by atoms with van der Waals surface area (Å²) in [6, 6.07) is 18.7. The lowest BCUT2D eigenvalue weighted by molar-refractivity contribution is 0.134. The van der Waals surface area contributed by atoms with Gasteiger partial charge in [0.2, 0.25) is 0 Å². The van der Waals surface area contributed by atoms with Gasteiger partial charge in [-0.3, -0.25) is 4.90 Å². The van der Waals surface area contributed by atoms with Crippen molar-refractivity contribution in [3.8, 4) is 0 Å². The van der Waals surface area contributed by atoms with Gasteiger partial charge >= 0.3 is 0 Å². The zero-order chi connectivity index (χ0) is 17.8. The van der Waals surface area contributed by atoms with E-state index in [4.69, 9.17) is 0 Å². The van der Waals surface area contributed by atoms with Crippen LogP contribution in [0.5, 0.6) is 0 Å². The summed E-state index contributed by atoms with van der Waals surface area (Å²) in [5.74, 6) is -0.158. The van der Waals surface area contributed by atoms with Gasteiger partial charge in [-0.2, -0.15) is 0 Å². The van der Waals surface area contributed by atoms with Crippen LogP contribution in [0.15, 0.2) is 54.6 Å². The molecule has 2 fully saturated rings. The molecule has 138 valence electrons. The van der Waals surface area contributed by atoms with Crippen LogP contribution in [0, 0.1) is 5.82 Å². The van der Waals surface area contributed by atoms with E-state index in [1.54, 1.807) is 12.1 Å². The van der Waals surface area contributed by atoms with Crippen LogP contribution in [0.2, 0.25) is 0 Å². The molecule has 0 aliphatic carbocycles. The Morgan fingerprint density at radius 3 is 2.31 bits per heavy atom. The smallest absolute Gasteiger partial charge is 0.123 e. The van der Waals surface area contributed by atoms with Gasteiger partial charge in [-0.25, -0.2) is 4.39 Å². The Hall–Kier alpha value is -2.07. The number of nitrogens with zero attached hydrogens (tertiary/aromatic N) is 2. The van der Waals surface area contributed by atoms with Gasteiger partial charge in [0.05, 0.1) is 0 Å². The quantitative estimate of drug-likeness (QED) is 0.880. The third-order valence-corrected chi connectivity index (χ3v) is 5.77. The number of hydrogen-bond acceptors (Lipinski definition) is 3. The van der Waals surface area contributed by atoms with Gasteiger partial charge < -0.3 is 10.2 Å². The maximum absolute atomic E-state index is 13.1. The first-order chi connectivity index (χ1) is 12.8. The molecule has 0 radical (unpaired) electrons. The molecule has 2 aliphatic rings. The van der Waals surface area contributed by atoms with E-state index in [1.165, 1.54) is 37.9 Å². The zero-order valence-electron chi connectivity index (χ0n) is 15.3. The van der Waals surface area contributed by atoms with Crippen molar-refractivity contribution in [1.29, 1.82) is 0 Å². The largest absolute Gasteiger partial charge is 0.381 e. The standard InChI is InChI=1S/C22H28FN3/c23-18-8-10-21(11-9-18)25-15-12-22(13-16-25)26-14-4-7-20(17-26)24-19-5-2-1-3-6-19/h1-3,5-6,8-11,20,22,24H,4,7,12-17H2. The van der Waals surface area contributed by atoms with Gasteiger partial charge in [0, 0.05) is 43.1 Å². The molecule has 0 aromatic heterocycles. The highest BCUT2D eigenvalue weighted by molar-refractivity contribution is 5.46. The Morgan fingerprint density at radius 1 is 0.846 bits per heavy atom. The van der Waals surface area contributed by atoms with E-state index in [1.807, 2.05) is 12.1 Å². The number of halogens is 1. The predicted octanol–water partition coefficient (Wildman–Crippen LogP) is 4.37. The van der Waals surface area contributed by atoms with Crippen molar-refractivity contribution in [2.75, 3.05) is 36.4 Å². The van der Waals surface area contributed by atoms with Crippen LogP contribution in [-0.4, -0.2) is 43.2 Å². The van der Waals surface area contributed by atoms with Gasteiger partial charge in [-0.05, 0) is 68.6 Å². The zero-order valence-corrected chi connectivity index (χ0v) is 15.3. The highest BCUT2D eigenvalue weighted by Crippen LogP contribution is 2.25. The summed E-state index contributed by atoms with van der Waals surface area (Å²) in [4.78, 5) is 5.08. The summed E-state index contributed by atoms with van der Waals surface area (Å²) in [5.41, 5.74) is 2.37. The Morgan fingerprint density at radius 2 is 1.58 bits per heavy atom. The van der Waals surface area contributed by atoms with E-state index in [9.17, 15) is 4.39 Å². The molecule has 1 unspecified atom stereocenters. The maximum atomic E-state index is 13.1. The van der Waals surface area contributed by atoms with Crippen molar-refractivity contribution in [3.63, 3.8) is 0 Å². The second-order valence-electron chi connectivity index (χ2n) is 7.54. The fourth-order valence-corrected chi connectivity index (χ4v) is 4.37. The lowest BCUT2D eigenvalue weighted by atomic mass is 9.97. The number of anilines is 2. The topological polar surface area (TPSA) is 18.5 Å². The van der Waals surface area contributed by atoms with Crippen molar-refractivity contribution in [3.05, 3.63) is 60.4 Å². The molecule has 2 heterocycles. The van der Waals surface area contributed by atoms with Gasteiger partial charge in [0.25, 0.3) is 0 Å². The van der Waals surface area contributed by atoms with Gasteiger partial charge in [-0.1, -0.05) is 18.2 Å². The maximum Gasteiger partial charge on any atom is 0.123 e. The van der Waals surface area contributed by atoms with Gasteiger partial charge in [-0.15, -0.1) is 0 Å². The van der Waals surface area contributed by atoms with Crippen LogP contribution < -0.4 is 10.2 Å². The molecule has 1 N–H and O–H groups in total. The van der Waals surface area contributed by atoms with Crippen LogP contribution >= 0.6 is 0 Å². The Balaban J connectivity index is 1.30. The number of piperidine rings is 2. The molecule has 2 aromatic rings. The van der Waals surface area contributed by atoms with Gasteiger partial charge in [0.1, 0.15) is 5.82 Å². The van der Waals surface area contributed by atoms with E-state index < -0.39 is 0 Å². The molecule has 0 spiro atoms. The molecule has 4 rings (SSSR count). The molecule has 4 heteroatoms. The molecule has 26 heavy (non-hydrogen) atoms. The number of para-hydroxylation sites is 1. The third-order valence-electron chi connectivity index (χ3n) is 5.77. The minimum atomic E-state index is -0.158. The fourth-order valence-electron chi connectivity index (χ4n) is 4.37. The molecule has 2 aliphatic heterocycles. The first kappa shape index (κ1) is 17.3. The monoisotopic (exact) mass is 353 g/mol. The molecular formula is C22H28FN3. The summed E-state index contributed by atoms with van der Waals surface area (Å²) < 4.78 is 13.1. The third kappa shape index (κ3) is 4.18. The highest BCUT2D eigenvalue weighted by atomic mass is 19.1. The number of hydrogen-bond donors (Lipinski definition) is 1. The minimum Gasteiger partial charge on any atom is -0.381 e. The first-order valence-corrected chi connectivity index (χ1v) is 9.84. The van der Waals surface area contributed by atoms with E-state index in [0.717, 1.165) is 25.3 Å². The molecule has 2 saturated heterocycles. The lowest BCUT2D eigenvalue weighted by Gasteiger charge is -2.43. The average molecular weight is 353 g/mol. The number of rotatable bonds is 4. The Labute approximate surface area is 155 Å². The number of benzene rings is 2. The number of nitrogens with one attached hydrogen (secondary N) is 1. The summed E-state index contributed by atoms with van der Waals surface area (Å²) in [6.45, 7) is 4.47. The molecule has 1 atom stereocenters. The van der Waals surface area contributed by atoms with Crippen LogP contribution in [0.25, 0.3) is 0 Å². The molecule has 0 amide bonds. The lowest BCUT2D eigenvalue weighted by Crippen LogP contribution is -2.51. The predicted molar refractivity (Wildman–Crippen MR) is 106 cm³/mol. The summed E-state index contributed by atoms with van der Waals surface area (Å²) in [7, 11) is 0. The number of likely N-dealkylation sites (tertiary alicyclic amines) is 1. The first-order valence-electron chi connectivity index (χ1n) is 9.84. The SMILES string of the molecule is Fc1ccc(N2CCC(N3CCCC(Nc4ccccc4)C3)CC2)cc1. The molecule has 2 aromatic carbocycles. The minimum absolute atomic E-state index is 0.158. The van der Waals surface area contributed by atoms with Crippen molar-refractivity contribution in [2.45, 2.75) is 37.8 Å². The van der Waals surface area contributed by atoms with Crippen LogP contribution in [0.3, 0.4) is 0 Å². The summed E-state index contributed by atoms with van der Waals surface area (Å²) in [6.07, 6.45) is 4.90. The second-order valence-corrected chi connectivity index (χ2v) is 7.54. The van der Waals surface area contributed by atoms with E-state index in [-0.39, 0.29) is 5.82 Å². The van der Waals surface area contributed by atoms with Crippen LogP contribution in [-0.2, 0) is 0 Å². The van der Waals surface area contributed by atoms with E-state index in [2.05, 4.69) is 45.4 Å². The van der Waals surface area contributed by atoms with Crippen LogP contribution in [0.1, 0.15) is 25.7 Å². The van der Waals surface area contributed by atoms with Crippen molar-refractivity contribution in [1.82, 2.24) is 4.90 Å². The summed E-state index contributed by atoms with van der Waals surface area (Å²) in [5, 5.41) is 3.70. The molecule has 0 bridgehead atoms. The Kier molecular flexibility index (Phi) is 5.40. The average Bonchev–Trinajstić information content (AvgIpc) is 2.70. The molecular weight excluding hydrogens is 325 g/mol. The van der Waals surface area contributed by atoms with Gasteiger partial charge in [0.15, 0.2) is 0 Å². The Bertz CT molecular complexity index is 680. The van der Waals surface area contributed by atoms with Crippen molar-refractivity contribution in [2.24, 2.45) is 0 Å². The summed E-state index contributed by atoms with van der Waals surface area (Å²) >= 11 is 0. The normalized spacial score (nSPS) is 22.3. The van der Waals surface area contributed by atoms with E-state index in [0.29, 0.717) is 12.1 Å². The highest BCUT2D eigenvalue weighted by Gasteiger charge is 2.28. The van der Waals surface area contributed by atoms with Crippen molar-refractivity contribution < 1.29 is 4.39 Å². The van der Waals surface area contributed by atoms with E-state index >= 15 is 0 Å². The second kappa shape index (κ2) is 8.09. The van der Waals surface area contributed by atoms with Crippen LogP contribution in [0.4, 0.5) is 15.8 Å². The van der Waals surface area contributed by atoms with Crippen molar-refractivity contribution >= 4 is 11.4 Å². The fraction of sp³-hybridized carbons (Fsp3) is 0.455. The molecule has 3 nitrogen and oxygen atoms in total. The molecule has 0 saturated carbocycles.